The Morgan fingerprint density at radius 2 is 2.05 bits per heavy atom. The van der Waals surface area contributed by atoms with E-state index in [1.807, 2.05) is 30.3 Å². The van der Waals surface area contributed by atoms with Crippen molar-refractivity contribution in [3.8, 4) is 0 Å². The summed E-state index contributed by atoms with van der Waals surface area (Å²) in [5.41, 5.74) is 3.29. The molecule has 2 rings (SSSR count). The highest BCUT2D eigenvalue weighted by atomic mass is 16.2. The van der Waals surface area contributed by atoms with Gasteiger partial charge < -0.3 is 4.90 Å². The molecule has 2 unspecified atom stereocenters. The molecule has 1 aliphatic rings. The quantitative estimate of drug-likeness (QED) is 0.469. The van der Waals surface area contributed by atoms with Gasteiger partial charge in [0.1, 0.15) is 6.04 Å². The first-order valence-electron chi connectivity index (χ1n) is 6.63. The number of nitrogens with two attached hydrogens (primary N) is 1. The number of carbonyl (C=O) groups is 1. The molecule has 2 atom stereocenters. The molecule has 1 fully saturated rings. The van der Waals surface area contributed by atoms with Gasteiger partial charge in [0.05, 0.1) is 0 Å². The standard InChI is InChI=1S/C14H22N4O/c1-11-10-17(2)8-9-18(11)13(14(19)16-15)12-6-4-3-5-7-12/h3-7,11,13H,8-10,15H2,1-2H3,(H,16,19). The fourth-order valence-corrected chi connectivity index (χ4v) is 2.75. The van der Waals surface area contributed by atoms with Crippen molar-refractivity contribution < 1.29 is 4.79 Å². The maximum Gasteiger partial charge on any atom is 0.255 e. The summed E-state index contributed by atoms with van der Waals surface area (Å²) in [6.07, 6.45) is 0. The summed E-state index contributed by atoms with van der Waals surface area (Å²) in [7, 11) is 2.11. The van der Waals surface area contributed by atoms with Crippen molar-refractivity contribution in [3.63, 3.8) is 0 Å². The van der Waals surface area contributed by atoms with Crippen LogP contribution in [0.1, 0.15) is 18.5 Å². The Balaban J connectivity index is 2.26. The van der Waals surface area contributed by atoms with Gasteiger partial charge in [-0.2, -0.15) is 0 Å². The monoisotopic (exact) mass is 262 g/mol. The van der Waals surface area contributed by atoms with E-state index in [1.165, 1.54) is 0 Å². The van der Waals surface area contributed by atoms with E-state index in [2.05, 4.69) is 29.2 Å². The molecule has 1 amide bonds. The summed E-state index contributed by atoms with van der Waals surface area (Å²) in [5.74, 6) is 5.20. The van der Waals surface area contributed by atoms with E-state index in [4.69, 9.17) is 5.84 Å². The van der Waals surface area contributed by atoms with Gasteiger partial charge in [-0.05, 0) is 19.5 Å². The smallest absolute Gasteiger partial charge is 0.255 e. The summed E-state index contributed by atoms with van der Waals surface area (Å²) >= 11 is 0. The summed E-state index contributed by atoms with van der Waals surface area (Å²) in [6, 6.07) is 9.82. The summed E-state index contributed by atoms with van der Waals surface area (Å²) in [4.78, 5) is 16.6. The molecule has 0 radical (unpaired) electrons. The van der Waals surface area contributed by atoms with Gasteiger partial charge >= 0.3 is 0 Å². The lowest BCUT2D eigenvalue weighted by Gasteiger charge is -2.42. The summed E-state index contributed by atoms with van der Waals surface area (Å²) in [5, 5.41) is 0. The molecule has 5 heteroatoms. The number of likely N-dealkylation sites (N-methyl/N-ethyl adjacent to an activating group) is 1. The first-order valence-corrected chi connectivity index (χ1v) is 6.63. The molecule has 0 aromatic heterocycles. The molecule has 0 bridgehead atoms. The lowest BCUT2D eigenvalue weighted by atomic mass is 10.0. The maximum atomic E-state index is 12.1. The Kier molecular flexibility index (Phi) is 4.52. The van der Waals surface area contributed by atoms with E-state index in [0.717, 1.165) is 25.2 Å². The van der Waals surface area contributed by atoms with Gasteiger partial charge in [0, 0.05) is 25.7 Å². The average molecular weight is 262 g/mol. The lowest BCUT2D eigenvalue weighted by Crippen LogP contribution is -2.55. The van der Waals surface area contributed by atoms with Crippen molar-refractivity contribution in [2.45, 2.75) is 19.0 Å². The number of benzene rings is 1. The molecule has 1 aliphatic heterocycles. The van der Waals surface area contributed by atoms with Crippen LogP contribution in [0.5, 0.6) is 0 Å². The van der Waals surface area contributed by atoms with Gasteiger partial charge in [-0.15, -0.1) is 0 Å². The van der Waals surface area contributed by atoms with Crippen molar-refractivity contribution in [1.29, 1.82) is 0 Å². The predicted octanol–water partition coefficient (Wildman–Crippen LogP) is 0.354. The van der Waals surface area contributed by atoms with Crippen LogP contribution in [0.15, 0.2) is 30.3 Å². The molecule has 1 heterocycles. The Morgan fingerprint density at radius 1 is 1.37 bits per heavy atom. The van der Waals surface area contributed by atoms with Crippen LogP contribution in [0.25, 0.3) is 0 Å². The highest BCUT2D eigenvalue weighted by molar-refractivity contribution is 5.82. The van der Waals surface area contributed by atoms with Gasteiger partial charge in [0.25, 0.3) is 5.91 Å². The summed E-state index contributed by atoms with van der Waals surface area (Å²) in [6.45, 7) is 4.94. The molecule has 104 valence electrons. The van der Waals surface area contributed by atoms with Crippen LogP contribution in [0, 0.1) is 0 Å². The number of rotatable bonds is 3. The third-order valence-corrected chi connectivity index (χ3v) is 3.72. The van der Waals surface area contributed by atoms with Crippen LogP contribution in [0.4, 0.5) is 0 Å². The van der Waals surface area contributed by atoms with Crippen LogP contribution in [-0.2, 0) is 4.79 Å². The van der Waals surface area contributed by atoms with Gasteiger partial charge in [-0.3, -0.25) is 15.1 Å². The molecule has 0 aliphatic carbocycles. The van der Waals surface area contributed by atoms with Gasteiger partial charge in [0.15, 0.2) is 0 Å². The van der Waals surface area contributed by atoms with E-state index in [9.17, 15) is 4.79 Å². The Bertz CT molecular complexity index is 423. The number of carbonyl (C=O) groups excluding carboxylic acids is 1. The number of nitrogens with zero attached hydrogens (tertiary/aromatic N) is 2. The van der Waals surface area contributed by atoms with Crippen LogP contribution in [-0.4, -0.2) is 48.4 Å². The van der Waals surface area contributed by atoms with Crippen molar-refractivity contribution in [1.82, 2.24) is 15.2 Å². The van der Waals surface area contributed by atoms with Crippen molar-refractivity contribution in [2.75, 3.05) is 26.7 Å². The first-order chi connectivity index (χ1) is 9.13. The Hall–Kier alpha value is -1.43. The molecular weight excluding hydrogens is 240 g/mol. The molecule has 19 heavy (non-hydrogen) atoms. The molecule has 5 nitrogen and oxygen atoms in total. The van der Waals surface area contributed by atoms with Gasteiger partial charge in [-0.1, -0.05) is 30.3 Å². The SMILES string of the molecule is CC1CN(C)CCN1C(C(=O)NN)c1ccccc1. The van der Waals surface area contributed by atoms with Gasteiger partial charge in [-0.25, -0.2) is 5.84 Å². The summed E-state index contributed by atoms with van der Waals surface area (Å²) < 4.78 is 0. The highest BCUT2D eigenvalue weighted by Crippen LogP contribution is 2.25. The van der Waals surface area contributed by atoms with E-state index >= 15 is 0 Å². The number of nitrogens with one attached hydrogen (secondary N) is 1. The van der Waals surface area contributed by atoms with Gasteiger partial charge in [0.2, 0.25) is 0 Å². The molecule has 1 saturated heterocycles. The molecule has 1 aromatic rings. The van der Waals surface area contributed by atoms with E-state index in [-0.39, 0.29) is 11.9 Å². The fourth-order valence-electron chi connectivity index (χ4n) is 2.75. The third-order valence-electron chi connectivity index (χ3n) is 3.72. The number of amides is 1. The van der Waals surface area contributed by atoms with Crippen LogP contribution in [0.2, 0.25) is 0 Å². The van der Waals surface area contributed by atoms with E-state index < -0.39 is 0 Å². The normalized spacial score (nSPS) is 23.0. The average Bonchev–Trinajstić information content (AvgIpc) is 2.42. The highest BCUT2D eigenvalue weighted by Gasteiger charge is 2.33. The third kappa shape index (κ3) is 3.12. The Morgan fingerprint density at radius 3 is 2.63 bits per heavy atom. The van der Waals surface area contributed by atoms with Crippen LogP contribution in [0.3, 0.4) is 0 Å². The molecule has 1 aromatic carbocycles. The molecule has 3 N–H and O–H groups in total. The second-order valence-electron chi connectivity index (χ2n) is 5.17. The van der Waals surface area contributed by atoms with Crippen molar-refractivity contribution in [3.05, 3.63) is 35.9 Å². The van der Waals surface area contributed by atoms with E-state index in [1.54, 1.807) is 0 Å². The largest absolute Gasteiger partial charge is 0.304 e. The zero-order valence-corrected chi connectivity index (χ0v) is 11.5. The fraction of sp³-hybridized carbons (Fsp3) is 0.500. The van der Waals surface area contributed by atoms with Crippen LogP contribution >= 0.6 is 0 Å². The predicted molar refractivity (Wildman–Crippen MR) is 75.2 cm³/mol. The molecular formula is C14H22N4O. The van der Waals surface area contributed by atoms with Crippen molar-refractivity contribution in [2.24, 2.45) is 5.84 Å². The second-order valence-corrected chi connectivity index (χ2v) is 5.17. The topological polar surface area (TPSA) is 61.6 Å². The minimum absolute atomic E-state index is 0.150. The molecule has 0 saturated carbocycles. The lowest BCUT2D eigenvalue weighted by molar-refractivity contribution is -0.128. The minimum Gasteiger partial charge on any atom is -0.304 e. The zero-order valence-electron chi connectivity index (χ0n) is 11.5. The van der Waals surface area contributed by atoms with Crippen molar-refractivity contribution >= 4 is 5.91 Å². The van der Waals surface area contributed by atoms with Crippen LogP contribution < -0.4 is 11.3 Å². The number of hydrazine groups is 1. The zero-order chi connectivity index (χ0) is 13.8. The first kappa shape index (κ1) is 14.0. The number of hydrogen-bond donors (Lipinski definition) is 2. The maximum absolute atomic E-state index is 12.1. The second kappa shape index (κ2) is 6.14. The van der Waals surface area contributed by atoms with E-state index in [0.29, 0.717) is 6.04 Å². The Labute approximate surface area is 114 Å². The molecule has 0 spiro atoms. The number of hydrogen-bond acceptors (Lipinski definition) is 4. The minimum atomic E-state index is -0.310. The number of piperazine rings is 1.